The van der Waals surface area contributed by atoms with E-state index in [1.807, 2.05) is 0 Å². The molecule has 9 aromatic carbocycles. The van der Waals surface area contributed by atoms with E-state index >= 15 is 0 Å². The summed E-state index contributed by atoms with van der Waals surface area (Å²) in [4.78, 5) is 4.93. The van der Waals surface area contributed by atoms with Gasteiger partial charge in [-0.1, -0.05) is 186 Å². The number of rotatable bonds is 6. The third-order valence-electron chi connectivity index (χ3n) is 15.0. The van der Waals surface area contributed by atoms with Crippen LogP contribution >= 0.6 is 31.9 Å². The molecule has 4 heteroatoms. The third kappa shape index (κ3) is 6.99. The van der Waals surface area contributed by atoms with Gasteiger partial charge in [0, 0.05) is 53.3 Å². The smallest absolute Gasteiger partial charge is 0.0543 e. The lowest BCUT2D eigenvalue weighted by Gasteiger charge is -2.33. The maximum Gasteiger partial charge on any atom is 0.0543 e. The molecule has 0 bridgehead atoms. The minimum Gasteiger partial charge on any atom is -0.310 e. The Balaban J connectivity index is 1.12. The van der Waals surface area contributed by atoms with Crippen LogP contribution in [0.4, 0.5) is 34.1 Å². The Morgan fingerprint density at radius 3 is 0.971 bits per heavy atom. The fourth-order valence-corrected chi connectivity index (χ4v) is 12.0. The van der Waals surface area contributed by atoms with Gasteiger partial charge in [-0.15, -0.1) is 0 Å². The van der Waals surface area contributed by atoms with Crippen molar-refractivity contribution >= 4 is 87.5 Å². The van der Waals surface area contributed by atoms with E-state index in [2.05, 4.69) is 281 Å². The van der Waals surface area contributed by atoms with Gasteiger partial charge in [-0.2, -0.15) is 0 Å². The lowest BCUT2D eigenvalue weighted by molar-refractivity contribution is 0.590. The standard InChI is InChI=1S/C64H58Br2N2/c1-61(2,3)39-19-27-43(28-20-39)67(45-31-23-41(65)24-32-45)55-37-53-57(49-17-13-11-15-47(49)55)51-35-36-52-58-50-18-14-12-16-48(50)56(38-54(58)64(9,10)60(52)59(51)63(53,7)8)68(46-33-25-42(66)26-34-46)44-29-21-40(22-30-44)62(4,5)6/h11-38H,1-10H3. The van der Waals surface area contributed by atoms with Gasteiger partial charge >= 0.3 is 0 Å². The van der Waals surface area contributed by atoms with E-state index in [1.54, 1.807) is 0 Å². The molecule has 0 radical (unpaired) electrons. The topological polar surface area (TPSA) is 6.48 Å². The SMILES string of the molecule is CC(C)(C)c1ccc(N(c2ccc(Br)cc2)c2cc3c(c4ccccc24)-c2ccc4c(c2C3(C)C)C(C)(C)c2cc(N(c3ccc(Br)cc3)c3ccc(C(C)(C)C)cc3)c3ccccc3c2-4)cc1. The lowest BCUT2D eigenvalue weighted by Crippen LogP contribution is -2.24. The Hall–Kier alpha value is -5.94. The molecule has 0 unspecified atom stereocenters. The molecule has 0 N–H and O–H groups in total. The average molecular weight is 1010 g/mol. The van der Waals surface area contributed by atoms with Crippen LogP contribution in [0.1, 0.15) is 103 Å². The van der Waals surface area contributed by atoms with Crippen molar-refractivity contribution in [3.8, 4) is 22.3 Å². The van der Waals surface area contributed by atoms with Crippen LogP contribution in [0.2, 0.25) is 0 Å². The molecule has 11 rings (SSSR count). The second-order valence-electron chi connectivity index (χ2n) is 22.1. The van der Waals surface area contributed by atoms with E-state index in [4.69, 9.17) is 0 Å². The maximum atomic E-state index is 3.73. The summed E-state index contributed by atoms with van der Waals surface area (Å²) in [6, 6.07) is 64.0. The predicted molar refractivity (Wildman–Crippen MR) is 299 cm³/mol. The van der Waals surface area contributed by atoms with Crippen LogP contribution in [0.25, 0.3) is 43.8 Å². The first-order valence-electron chi connectivity index (χ1n) is 24.0. The number of hydrogen-bond acceptors (Lipinski definition) is 2. The molecule has 9 aromatic rings. The summed E-state index contributed by atoms with van der Waals surface area (Å²) in [6.07, 6.45) is 0. The summed E-state index contributed by atoms with van der Waals surface area (Å²) < 4.78 is 2.13. The number of benzene rings is 9. The fraction of sp³-hybridized carbons (Fsp3) is 0.219. The molecule has 338 valence electrons. The van der Waals surface area contributed by atoms with E-state index in [9.17, 15) is 0 Å². The maximum absolute atomic E-state index is 3.73. The minimum atomic E-state index is -0.313. The van der Waals surface area contributed by atoms with E-state index in [0.717, 1.165) is 31.7 Å². The fourth-order valence-electron chi connectivity index (χ4n) is 11.5. The van der Waals surface area contributed by atoms with Crippen molar-refractivity contribution in [2.24, 2.45) is 0 Å². The van der Waals surface area contributed by atoms with Crippen molar-refractivity contribution in [3.05, 3.63) is 212 Å². The Morgan fingerprint density at radius 1 is 0.368 bits per heavy atom. The zero-order chi connectivity index (χ0) is 47.7. The van der Waals surface area contributed by atoms with Crippen LogP contribution in [0.15, 0.2) is 179 Å². The predicted octanol–water partition coefficient (Wildman–Crippen LogP) is 19.7. The molecular formula is C64H58Br2N2. The van der Waals surface area contributed by atoms with Gasteiger partial charge in [-0.25, -0.2) is 0 Å². The summed E-state index contributed by atoms with van der Waals surface area (Å²) in [5, 5.41) is 5.03. The Kier molecular flexibility index (Phi) is 10.4. The first-order chi connectivity index (χ1) is 32.3. The molecule has 2 aliphatic carbocycles. The summed E-state index contributed by atoms with van der Waals surface area (Å²) >= 11 is 7.46. The zero-order valence-corrected chi connectivity index (χ0v) is 44.0. The van der Waals surface area contributed by atoms with Gasteiger partial charge in [0.05, 0.1) is 11.4 Å². The highest BCUT2D eigenvalue weighted by Crippen LogP contribution is 2.63. The van der Waals surface area contributed by atoms with Gasteiger partial charge in [0.1, 0.15) is 0 Å². The van der Waals surface area contributed by atoms with E-state index in [-0.39, 0.29) is 21.7 Å². The first kappa shape index (κ1) is 44.6. The minimum absolute atomic E-state index is 0.0515. The van der Waals surface area contributed by atoms with Crippen LogP contribution < -0.4 is 9.80 Å². The van der Waals surface area contributed by atoms with Crippen molar-refractivity contribution in [2.75, 3.05) is 9.80 Å². The Labute approximate surface area is 419 Å². The van der Waals surface area contributed by atoms with Crippen LogP contribution in [0, 0.1) is 0 Å². The molecule has 0 amide bonds. The van der Waals surface area contributed by atoms with Crippen molar-refractivity contribution < 1.29 is 0 Å². The first-order valence-corrected chi connectivity index (χ1v) is 25.6. The molecule has 68 heavy (non-hydrogen) atoms. The summed E-state index contributed by atoms with van der Waals surface area (Å²) in [6.45, 7) is 23.6. The van der Waals surface area contributed by atoms with Gasteiger partial charge in [0.15, 0.2) is 0 Å². The molecule has 0 heterocycles. The van der Waals surface area contributed by atoms with Crippen molar-refractivity contribution in [3.63, 3.8) is 0 Å². The van der Waals surface area contributed by atoms with Gasteiger partial charge in [-0.3, -0.25) is 0 Å². The van der Waals surface area contributed by atoms with Crippen LogP contribution in [0.5, 0.6) is 0 Å². The molecule has 0 atom stereocenters. The van der Waals surface area contributed by atoms with Crippen LogP contribution in [-0.4, -0.2) is 0 Å². The van der Waals surface area contributed by atoms with Crippen molar-refractivity contribution in [1.29, 1.82) is 0 Å². The highest BCUT2D eigenvalue weighted by molar-refractivity contribution is 9.10. The molecule has 0 aromatic heterocycles. The Bertz CT molecular complexity index is 3220. The quantitative estimate of drug-likeness (QED) is 0.164. The van der Waals surface area contributed by atoms with Crippen molar-refractivity contribution in [1.82, 2.24) is 0 Å². The highest BCUT2D eigenvalue weighted by Gasteiger charge is 2.47. The lowest BCUT2D eigenvalue weighted by atomic mass is 9.72. The number of anilines is 6. The largest absolute Gasteiger partial charge is 0.310 e. The number of hydrogen-bond donors (Lipinski definition) is 0. The van der Waals surface area contributed by atoms with Crippen LogP contribution in [0.3, 0.4) is 0 Å². The summed E-state index contributed by atoms with van der Waals surface area (Å²) in [7, 11) is 0. The molecule has 2 aliphatic rings. The molecule has 0 saturated carbocycles. The average Bonchev–Trinajstić information content (AvgIpc) is 3.69. The monoisotopic (exact) mass is 1010 g/mol. The third-order valence-corrected chi connectivity index (χ3v) is 16.1. The van der Waals surface area contributed by atoms with Crippen molar-refractivity contribution in [2.45, 2.75) is 90.9 Å². The molecule has 2 nitrogen and oxygen atoms in total. The van der Waals surface area contributed by atoms with Gasteiger partial charge in [-0.05, 0) is 162 Å². The molecule has 0 aliphatic heterocycles. The summed E-state index contributed by atoms with van der Waals surface area (Å²) in [5.41, 5.74) is 20.0. The molecule has 0 saturated heterocycles. The van der Waals surface area contributed by atoms with Gasteiger partial charge in [0.25, 0.3) is 0 Å². The molecule has 0 fully saturated rings. The second-order valence-corrected chi connectivity index (χ2v) is 23.9. The van der Waals surface area contributed by atoms with Gasteiger partial charge < -0.3 is 9.80 Å². The number of halogens is 2. The number of nitrogens with zero attached hydrogens (tertiary/aromatic N) is 2. The molecule has 0 spiro atoms. The van der Waals surface area contributed by atoms with E-state index < -0.39 is 0 Å². The van der Waals surface area contributed by atoms with Gasteiger partial charge in [0.2, 0.25) is 0 Å². The van der Waals surface area contributed by atoms with E-state index in [0.29, 0.717) is 0 Å². The normalized spacial score (nSPS) is 14.4. The second kappa shape index (κ2) is 15.8. The Morgan fingerprint density at radius 2 is 0.662 bits per heavy atom. The molecular weight excluding hydrogens is 957 g/mol. The van der Waals surface area contributed by atoms with E-state index in [1.165, 1.54) is 88.6 Å². The number of fused-ring (bicyclic) bond motifs is 11. The van der Waals surface area contributed by atoms with Crippen LogP contribution in [-0.2, 0) is 21.7 Å². The zero-order valence-electron chi connectivity index (χ0n) is 40.8. The summed E-state index contributed by atoms with van der Waals surface area (Å²) in [5.74, 6) is 0. The highest BCUT2D eigenvalue weighted by atomic mass is 79.9.